The molecule has 2 aromatic carbocycles. The highest BCUT2D eigenvalue weighted by molar-refractivity contribution is 7.89. The number of sulfonamides is 1. The molecule has 0 saturated carbocycles. The number of nitrogens with one attached hydrogen (secondary N) is 1. The van der Waals surface area contributed by atoms with E-state index in [9.17, 15) is 13.2 Å². The first-order valence-corrected chi connectivity index (χ1v) is 9.23. The lowest BCUT2D eigenvalue weighted by molar-refractivity contribution is 0.0696. The molecule has 0 bridgehead atoms. The van der Waals surface area contributed by atoms with E-state index in [1.165, 1.54) is 24.3 Å². The third kappa shape index (κ3) is 4.80. The van der Waals surface area contributed by atoms with Crippen molar-refractivity contribution in [3.8, 4) is 5.75 Å². The summed E-state index contributed by atoms with van der Waals surface area (Å²) in [5.74, 6) is -0.355. The van der Waals surface area contributed by atoms with Crippen LogP contribution in [0.1, 0.15) is 28.4 Å². The van der Waals surface area contributed by atoms with Crippen LogP contribution in [0.15, 0.2) is 47.4 Å². The van der Waals surface area contributed by atoms with E-state index in [4.69, 9.17) is 9.84 Å². The van der Waals surface area contributed by atoms with E-state index in [1.54, 1.807) is 6.92 Å². The van der Waals surface area contributed by atoms with Crippen LogP contribution in [-0.4, -0.2) is 32.1 Å². The Morgan fingerprint density at radius 2 is 1.68 bits per heavy atom. The third-order valence-electron chi connectivity index (χ3n) is 3.65. The van der Waals surface area contributed by atoms with Crippen molar-refractivity contribution >= 4 is 16.0 Å². The average molecular weight is 363 g/mol. The highest BCUT2D eigenvalue weighted by Gasteiger charge is 2.18. The number of carboxylic acid groups (broad SMARTS) is 1. The first kappa shape index (κ1) is 19.0. The van der Waals surface area contributed by atoms with Gasteiger partial charge < -0.3 is 9.84 Å². The van der Waals surface area contributed by atoms with Crippen LogP contribution in [0.3, 0.4) is 0 Å². The zero-order valence-electron chi connectivity index (χ0n) is 14.3. The molecule has 0 aliphatic carbocycles. The van der Waals surface area contributed by atoms with E-state index in [1.807, 2.05) is 32.0 Å². The number of carbonyl (C=O) groups is 1. The summed E-state index contributed by atoms with van der Waals surface area (Å²) in [6, 6.07) is 10.4. The molecule has 0 aliphatic rings. The average Bonchev–Trinajstić information content (AvgIpc) is 2.54. The smallest absolute Gasteiger partial charge is 0.335 e. The topological polar surface area (TPSA) is 92.7 Å². The molecule has 25 heavy (non-hydrogen) atoms. The maximum absolute atomic E-state index is 12.4. The van der Waals surface area contributed by atoms with Crippen LogP contribution < -0.4 is 9.46 Å². The number of hydrogen-bond donors (Lipinski definition) is 2. The van der Waals surface area contributed by atoms with Crippen molar-refractivity contribution in [3.63, 3.8) is 0 Å². The zero-order valence-corrected chi connectivity index (χ0v) is 15.1. The minimum Gasteiger partial charge on any atom is -0.491 e. The molecule has 0 amide bonds. The second-order valence-electron chi connectivity index (χ2n) is 5.88. The summed E-state index contributed by atoms with van der Waals surface area (Å²) in [4.78, 5) is 10.8. The standard InChI is InChI=1S/C18H21NO5S/c1-12-5-4-6-13(2)17(12)24-11-14(3)19-25(22,23)16-9-7-15(8-10-16)18(20)21/h4-10,14,19H,11H2,1-3H3,(H,20,21). The first-order valence-electron chi connectivity index (χ1n) is 7.75. The molecule has 7 heteroatoms. The molecule has 0 spiro atoms. The van der Waals surface area contributed by atoms with Crippen LogP contribution in [0.5, 0.6) is 5.75 Å². The normalized spacial score (nSPS) is 12.6. The summed E-state index contributed by atoms with van der Waals surface area (Å²) in [7, 11) is -3.75. The lowest BCUT2D eigenvalue weighted by atomic mass is 10.1. The molecule has 1 unspecified atom stereocenters. The molecular formula is C18H21NO5S. The molecule has 0 aliphatic heterocycles. The molecule has 2 N–H and O–H groups in total. The molecule has 6 nitrogen and oxygen atoms in total. The fraction of sp³-hybridized carbons (Fsp3) is 0.278. The molecule has 0 aromatic heterocycles. The molecule has 2 rings (SSSR count). The molecule has 1 atom stereocenters. The van der Waals surface area contributed by atoms with E-state index in [2.05, 4.69) is 4.72 Å². The maximum Gasteiger partial charge on any atom is 0.335 e. The summed E-state index contributed by atoms with van der Waals surface area (Å²) < 4.78 is 33.0. The molecule has 134 valence electrons. The van der Waals surface area contributed by atoms with Crippen molar-refractivity contribution in [2.24, 2.45) is 0 Å². The van der Waals surface area contributed by atoms with Gasteiger partial charge >= 0.3 is 5.97 Å². The summed E-state index contributed by atoms with van der Waals surface area (Å²) in [6.07, 6.45) is 0. The second kappa shape index (κ2) is 7.67. The summed E-state index contributed by atoms with van der Waals surface area (Å²) in [5, 5.41) is 8.87. The molecule has 0 saturated heterocycles. The highest BCUT2D eigenvalue weighted by Crippen LogP contribution is 2.22. The van der Waals surface area contributed by atoms with Crippen molar-refractivity contribution in [1.29, 1.82) is 0 Å². The minimum absolute atomic E-state index is 0.0106. The van der Waals surface area contributed by atoms with Crippen LogP contribution in [0.25, 0.3) is 0 Å². The van der Waals surface area contributed by atoms with Gasteiger partial charge in [-0.2, -0.15) is 0 Å². The number of para-hydroxylation sites is 1. The lowest BCUT2D eigenvalue weighted by Gasteiger charge is -2.17. The van der Waals surface area contributed by atoms with Gasteiger partial charge in [-0.25, -0.2) is 17.9 Å². The van der Waals surface area contributed by atoms with Crippen molar-refractivity contribution in [1.82, 2.24) is 4.72 Å². The van der Waals surface area contributed by atoms with Gasteiger partial charge in [0.05, 0.1) is 16.5 Å². The minimum atomic E-state index is -3.75. The van der Waals surface area contributed by atoms with Crippen molar-refractivity contribution in [2.45, 2.75) is 31.7 Å². The van der Waals surface area contributed by atoms with Crippen LogP contribution in [0.4, 0.5) is 0 Å². The number of rotatable bonds is 7. The fourth-order valence-electron chi connectivity index (χ4n) is 2.38. The van der Waals surface area contributed by atoms with Gasteiger partial charge in [0.15, 0.2) is 0 Å². The number of hydrogen-bond acceptors (Lipinski definition) is 4. The third-order valence-corrected chi connectivity index (χ3v) is 5.26. The molecule has 0 radical (unpaired) electrons. The number of aryl methyl sites for hydroxylation is 2. The second-order valence-corrected chi connectivity index (χ2v) is 7.60. The predicted octanol–water partition coefficient (Wildman–Crippen LogP) is 2.75. The van der Waals surface area contributed by atoms with Gasteiger partial charge in [-0.1, -0.05) is 18.2 Å². The SMILES string of the molecule is Cc1cccc(C)c1OCC(C)NS(=O)(=O)c1ccc(C(=O)O)cc1. The molecule has 2 aromatic rings. The molecule has 0 fully saturated rings. The fourth-order valence-corrected chi connectivity index (χ4v) is 3.61. The highest BCUT2D eigenvalue weighted by atomic mass is 32.2. The zero-order chi connectivity index (χ0) is 18.6. The van der Waals surface area contributed by atoms with Gasteiger partial charge in [-0.3, -0.25) is 0 Å². The quantitative estimate of drug-likeness (QED) is 0.789. The van der Waals surface area contributed by atoms with E-state index < -0.39 is 22.0 Å². The van der Waals surface area contributed by atoms with Crippen LogP contribution in [0.2, 0.25) is 0 Å². The van der Waals surface area contributed by atoms with E-state index >= 15 is 0 Å². The van der Waals surface area contributed by atoms with Crippen LogP contribution >= 0.6 is 0 Å². The van der Waals surface area contributed by atoms with Crippen LogP contribution in [0, 0.1) is 13.8 Å². The van der Waals surface area contributed by atoms with Crippen molar-refractivity contribution in [2.75, 3.05) is 6.61 Å². The maximum atomic E-state index is 12.4. The lowest BCUT2D eigenvalue weighted by Crippen LogP contribution is -2.36. The van der Waals surface area contributed by atoms with E-state index in [0.29, 0.717) is 0 Å². The first-order chi connectivity index (χ1) is 11.7. The van der Waals surface area contributed by atoms with Gasteiger partial charge in [-0.05, 0) is 56.2 Å². The summed E-state index contributed by atoms with van der Waals surface area (Å²) in [6.45, 7) is 5.75. The number of benzene rings is 2. The van der Waals surface area contributed by atoms with Gasteiger partial charge in [0.25, 0.3) is 0 Å². The monoisotopic (exact) mass is 363 g/mol. The van der Waals surface area contributed by atoms with E-state index in [-0.39, 0.29) is 17.1 Å². The Morgan fingerprint density at radius 3 is 2.20 bits per heavy atom. The van der Waals surface area contributed by atoms with Gasteiger partial charge in [-0.15, -0.1) is 0 Å². The molecular weight excluding hydrogens is 342 g/mol. The van der Waals surface area contributed by atoms with Crippen molar-refractivity contribution in [3.05, 3.63) is 59.2 Å². The predicted molar refractivity (Wildman–Crippen MR) is 94.6 cm³/mol. The Balaban J connectivity index is 2.03. The number of carboxylic acids is 1. The number of ether oxygens (including phenoxy) is 1. The Kier molecular flexibility index (Phi) is 5.81. The Morgan fingerprint density at radius 1 is 1.12 bits per heavy atom. The Bertz CT molecular complexity index is 839. The summed E-state index contributed by atoms with van der Waals surface area (Å²) >= 11 is 0. The molecule has 0 heterocycles. The largest absolute Gasteiger partial charge is 0.491 e. The Labute approximate surface area is 147 Å². The van der Waals surface area contributed by atoms with Gasteiger partial charge in [0, 0.05) is 0 Å². The van der Waals surface area contributed by atoms with Gasteiger partial charge in [0.2, 0.25) is 10.0 Å². The van der Waals surface area contributed by atoms with Crippen molar-refractivity contribution < 1.29 is 23.1 Å². The van der Waals surface area contributed by atoms with Gasteiger partial charge in [0.1, 0.15) is 12.4 Å². The Hall–Kier alpha value is -2.38. The van der Waals surface area contributed by atoms with Crippen LogP contribution in [-0.2, 0) is 10.0 Å². The number of aromatic carboxylic acids is 1. The van der Waals surface area contributed by atoms with E-state index in [0.717, 1.165) is 16.9 Å². The summed E-state index contributed by atoms with van der Waals surface area (Å²) in [5.41, 5.74) is 2.00.